The van der Waals surface area contributed by atoms with Crippen LogP contribution in [0.1, 0.15) is 32.1 Å². The average Bonchev–Trinajstić information content (AvgIpc) is 3.16. The SMILES string of the molecule is COC(=O)c1c(C)[nH]c(C(=O)Cn2c(NCCO)nc3ccccc32)c1C. The largest absolute Gasteiger partial charge is 0.465 e. The number of aliphatic hydroxyl groups is 1. The van der Waals surface area contributed by atoms with Gasteiger partial charge in [-0.15, -0.1) is 0 Å². The van der Waals surface area contributed by atoms with E-state index in [4.69, 9.17) is 9.84 Å². The van der Waals surface area contributed by atoms with Gasteiger partial charge in [-0.3, -0.25) is 4.79 Å². The van der Waals surface area contributed by atoms with Gasteiger partial charge in [0.15, 0.2) is 5.78 Å². The Morgan fingerprint density at radius 2 is 2.04 bits per heavy atom. The summed E-state index contributed by atoms with van der Waals surface area (Å²) < 4.78 is 6.56. The van der Waals surface area contributed by atoms with Gasteiger partial charge in [0, 0.05) is 12.2 Å². The zero-order valence-corrected chi connectivity index (χ0v) is 15.5. The van der Waals surface area contributed by atoms with Crippen LogP contribution < -0.4 is 5.32 Å². The van der Waals surface area contributed by atoms with E-state index in [-0.39, 0.29) is 18.9 Å². The Hall–Kier alpha value is -3.13. The van der Waals surface area contributed by atoms with E-state index in [1.807, 2.05) is 24.3 Å². The van der Waals surface area contributed by atoms with E-state index in [0.717, 1.165) is 11.0 Å². The number of aromatic amines is 1. The van der Waals surface area contributed by atoms with Crippen molar-refractivity contribution in [3.63, 3.8) is 0 Å². The molecule has 2 heterocycles. The number of aryl methyl sites for hydroxylation is 1. The van der Waals surface area contributed by atoms with Gasteiger partial charge < -0.3 is 24.7 Å². The molecule has 0 spiro atoms. The molecule has 142 valence electrons. The van der Waals surface area contributed by atoms with E-state index < -0.39 is 5.97 Å². The van der Waals surface area contributed by atoms with Gasteiger partial charge in [0.25, 0.3) is 0 Å². The number of esters is 1. The highest BCUT2D eigenvalue weighted by Gasteiger charge is 2.23. The summed E-state index contributed by atoms with van der Waals surface area (Å²) >= 11 is 0. The van der Waals surface area contributed by atoms with Crippen LogP contribution in [0, 0.1) is 13.8 Å². The summed E-state index contributed by atoms with van der Waals surface area (Å²) in [7, 11) is 1.31. The molecule has 0 saturated heterocycles. The number of nitrogens with one attached hydrogen (secondary N) is 2. The number of hydrogen-bond donors (Lipinski definition) is 3. The third-order valence-corrected chi connectivity index (χ3v) is 4.46. The summed E-state index contributed by atoms with van der Waals surface area (Å²) in [5, 5.41) is 12.1. The number of anilines is 1. The number of ether oxygens (including phenoxy) is 1. The number of aliphatic hydroxyl groups excluding tert-OH is 1. The number of benzene rings is 1. The molecule has 27 heavy (non-hydrogen) atoms. The lowest BCUT2D eigenvalue weighted by molar-refractivity contribution is 0.0599. The first kappa shape index (κ1) is 18.7. The first-order chi connectivity index (χ1) is 13.0. The van der Waals surface area contributed by atoms with Crippen molar-refractivity contribution in [3.8, 4) is 0 Å². The van der Waals surface area contributed by atoms with Gasteiger partial charge >= 0.3 is 5.97 Å². The Labute approximate surface area is 156 Å². The normalized spacial score (nSPS) is 11.0. The standard InChI is InChI=1S/C19H22N4O4/c1-11-16(18(26)27-3)12(2)21-17(11)15(25)10-23-14-7-5-4-6-13(14)22-19(23)20-8-9-24/h4-7,21,24H,8-10H2,1-3H3,(H,20,22). The van der Waals surface area contributed by atoms with Crippen LogP contribution in [0.4, 0.5) is 5.95 Å². The van der Waals surface area contributed by atoms with Gasteiger partial charge in [-0.05, 0) is 31.5 Å². The number of H-pyrrole nitrogens is 1. The van der Waals surface area contributed by atoms with Gasteiger partial charge in [0.05, 0.1) is 42.6 Å². The van der Waals surface area contributed by atoms with Gasteiger partial charge in [-0.25, -0.2) is 9.78 Å². The molecule has 0 atom stereocenters. The molecule has 1 aromatic carbocycles. The highest BCUT2D eigenvalue weighted by Crippen LogP contribution is 2.23. The summed E-state index contributed by atoms with van der Waals surface area (Å²) in [4.78, 5) is 32.4. The number of rotatable bonds is 7. The van der Waals surface area contributed by atoms with Crippen LogP contribution in [-0.4, -0.2) is 51.7 Å². The molecule has 0 bridgehead atoms. The Balaban J connectivity index is 1.98. The molecule has 0 aliphatic heterocycles. The first-order valence-electron chi connectivity index (χ1n) is 8.58. The Morgan fingerprint density at radius 3 is 2.74 bits per heavy atom. The van der Waals surface area contributed by atoms with Gasteiger partial charge in [-0.1, -0.05) is 12.1 Å². The number of aromatic nitrogens is 3. The number of Topliss-reactive ketones (excluding diaryl/α,β-unsaturated/α-hetero) is 1. The molecule has 2 aromatic heterocycles. The van der Waals surface area contributed by atoms with Crippen LogP contribution in [0.3, 0.4) is 0 Å². The average molecular weight is 370 g/mol. The summed E-state index contributed by atoms with van der Waals surface area (Å²) in [6.07, 6.45) is 0. The van der Waals surface area contributed by atoms with E-state index in [9.17, 15) is 9.59 Å². The predicted octanol–water partition coefficient (Wildman–Crippen LogP) is 2.05. The monoisotopic (exact) mass is 370 g/mol. The second kappa shape index (κ2) is 7.63. The third-order valence-electron chi connectivity index (χ3n) is 4.46. The smallest absolute Gasteiger partial charge is 0.339 e. The quantitative estimate of drug-likeness (QED) is 0.434. The zero-order chi connectivity index (χ0) is 19.6. The maximum Gasteiger partial charge on any atom is 0.339 e. The van der Waals surface area contributed by atoms with E-state index in [1.165, 1.54) is 7.11 Å². The predicted molar refractivity (Wildman–Crippen MR) is 101 cm³/mol. The number of hydrogen-bond acceptors (Lipinski definition) is 6. The molecular weight excluding hydrogens is 348 g/mol. The van der Waals surface area contributed by atoms with Crippen LogP contribution in [0.5, 0.6) is 0 Å². The molecule has 3 N–H and O–H groups in total. The number of para-hydroxylation sites is 2. The first-order valence-corrected chi connectivity index (χ1v) is 8.58. The van der Waals surface area contributed by atoms with Crippen LogP contribution in [0.15, 0.2) is 24.3 Å². The highest BCUT2D eigenvalue weighted by atomic mass is 16.5. The van der Waals surface area contributed by atoms with Gasteiger partial charge in [0.2, 0.25) is 5.95 Å². The minimum absolute atomic E-state index is 0.0374. The Kier molecular flexibility index (Phi) is 5.27. The van der Waals surface area contributed by atoms with Crippen LogP contribution in [0.25, 0.3) is 11.0 Å². The lowest BCUT2D eigenvalue weighted by Crippen LogP contribution is -2.16. The number of nitrogens with zero attached hydrogens (tertiary/aromatic N) is 2. The Bertz CT molecular complexity index is 1000. The van der Waals surface area contributed by atoms with Crippen molar-refractivity contribution in [2.75, 3.05) is 25.6 Å². The number of fused-ring (bicyclic) bond motifs is 1. The molecule has 0 aliphatic carbocycles. The second-order valence-electron chi connectivity index (χ2n) is 6.20. The fourth-order valence-electron chi connectivity index (χ4n) is 3.20. The van der Waals surface area contributed by atoms with Gasteiger partial charge in [-0.2, -0.15) is 0 Å². The van der Waals surface area contributed by atoms with Crippen molar-refractivity contribution in [2.24, 2.45) is 0 Å². The van der Waals surface area contributed by atoms with E-state index in [1.54, 1.807) is 18.4 Å². The minimum Gasteiger partial charge on any atom is -0.465 e. The molecule has 3 rings (SSSR count). The molecular formula is C19H22N4O4. The summed E-state index contributed by atoms with van der Waals surface area (Å²) in [5.41, 5.74) is 3.48. The summed E-state index contributed by atoms with van der Waals surface area (Å²) in [5.74, 6) is -0.146. The minimum atomic E-state index is -0.473. The summed E-state index contributed by atoms with van der Waals surface area (Å²) in [6, 6.07) is 7.49. The van der Waals surface area contributed by atoms with E-state index >= 15 is 0 Å². The molecule has 0 amide bonds. The van der Waals surface area contributed by atoms with Crippen molar-refractivity contribution >= 4 is 28.7 Å². The number of ketones is 1. The molecule has 0 radical (unpaired) electrons. The molecule has 8 nitrogen and oxygen atoms in total. The summed E-state index contributed by atoms with van der Waals surface area (Å²) in [6.45, 7) is 3.77. The molecule has 3 aromatic rings. The number of carbonyl (C=O) groups excluding carboxylic acids is 2. The molecule has 0 saturated carbocycles. The highest BCUT2D eigenvalue weighted by molar-refractivity contribution is 6.02. The van der Waals surface area contributed by atoms with Crippen LogP contribution in [-0.2, 0) is 11.3 Å². The molecule has 0 unspecified atom stereocenters. The third kappa shape index (κ3) is 3.43. The lowest BCUT2D eigenvalue weighted by atomic mass is 10.1. The fraction of sp³-hybridized carbons (Fsp3) is 0.316. The fourth-order valence-corrected chi connectivity index (χ4v) is 3.20. The van der Waals surface area contributed by atoms with Crippen LogP contribution in [0.2, 0.25) is 0 Å². The molecule has 8 heteroatoms. The lowest BCUT2D eigenvalue weighted by Gasteiger charge is -2.09. The number of imidazole rings is 1. The van der Waals surface area contributed by atoms with Crippen molar-refractivity contribution in [3.05, 3.63) is 46.8 Å². The molecule has 0 aliphatic rings. The second-order valence-corrected chi connectivity index (χ2v) is 6.20. The molecule has 0 fully saturated rings. The zero-order valence-electron chi connectivity index (χ0n) is 15.5. The number of methoxy groups -OCH3 is 1. The van der Waals surface area contributed by atoms with E-state index in [0.29, 0.717) is 35.0 Å². The van der Waals surface area contributed by atoms with Crippen molar-refractivity contribution in [1.29, 1.82) is 0 Å². The van der Waals surface area contributed by atoms with Gasteiger partial charge in [0.1, 0.15) is 0 Å². The number of carbonyl (C=O) groups is 2. The van der Waals surface area contributed by atoms with Crippen LogP contribution >= 0.6 is 0 Å². The maximum absolute atomic E-state index is 13.0. The van der Waals surface area contributed by atoms with Crippen molar-refractivity contribution in [2.45, 2.75) is 20.4 Å². The topological polar surface area (TPSA) is 109 Å². The van der Waals surface area contributed by atoms with Crippen molar-refractivity contribution in [1.82, 2.24) is 14.5 Å². The van der Waals surface area contributed by atoms with Crippen molar-refractivity contribution < 1.29 is 19.4 Å². The Morgan fingerprint density at radius 1 is 1.30 bits per heavy atom. The van der Waals surface area contributed by atoms with E-state index in [2.05, 4.69) is 15.3 Å². The maximum atomic E-state index is 13.0.